The van der Waals surface area contributed by atoms with Gasteiger partial charge in [-0.2, -0.15) is 5.10 Å². The molecule has 0 aliphatic carbocycles. The number of hydrogen-bond acceptors (Lipinski definition) is 6. The molecule has 0 bridgehead atoms. The lowest BCUT2D eigenvalue weighted by atomic mass is 10.1. The molecule has 3 aromatic rings. The molecule has 148 valence electrons. The van der Waals surface area contributed by atoms with Crippen LogP contribution in [0.4, 0.5) is 4.79 Å². The van der Waals surface area contributed by atoms with Gasteiger partial charge in [-0.25, -0.2) is 4.79 Å². The quantitative estimate of drug-likeness (QED) is 0.464. The Morgan fingerprint density at radius 2 is 2.00 bits per heavy atom. The van der Waals surface area contributed by atoms with Crippen molar-refractivity contribution in [2.45, 2.75) is 46.9 Å². The minimum absolute atomic E-state index is 0.396. The summed E-state index contributed by atoms with van der Waals surface area (Å²) in [6, 6.07) is 10.7. The second-order valence-corrected chi connectivity index (χ2v) is 10.5. The van der Waals surface area contributed by atoms with Crippen molar-refractivity contribution in [3.05, 3.63) is 47.6 Å². The number of hydrogen-bond donors (Lipinski definition) is 2. The summed E-state index contributed by atoms with van der Waals surface area (Å²) < 4.78 is 6.45. The second-order valence-electron chi connectivity index (χ2n) is 7.06. The first-order valence-corrected chi connectivity index (χ1v) is 11.6. The summed E-state index contributed by atoms with van der Waals surface area (Å²) >= 11 is 5.12. The average molecular weight is 434 g/mol. The first kappa shape index (κ1) is 20.8. The number of carbonyl (C=O) groups is 1. The Bertz CT molecular complexity index is 931. The van der Waals surface area contributed by atoms with Gasteiger partial charge in [-0.05, 0) is 62.9 Å². The Morgan fingerprint density at radius 1 is 1.21 bits per heavy atom. The van der Waals surface area contributed by atoms with E-state index in [1.165, 1.54) is 14.0 Å². The number of rotatable bonds is 6. The van der Waals surface area contributed by atoms with E-state index in [0.717, 1.165) is 16.0 Å². The first-order chi connectivity index (χ1) is 13.3. The number of amides is 1. The highest BCUT2D eigenvalue weighted by atomic mass is 32.2. The SMILES string of the molecule is CSc1cc(Sc2ccc(CNC(=O)OC(C)(C)C)s2)cc(-c2cn[nH]c2)c1. The highest BCUT2D eigenvalue weighted by Crippen LogP contribution is 2.37. The molecule has 3 rings (SSSR count). The van der Waals surface area contributed by atoms with Crippen LogP contribution in [0.1, 0.15) is 25.6 Å². The van der Waals surface area contributed by atoms with Crippen LogP contribution in [0.25, 0.3) is 11.1 Å². The van der Waals surface area contributed by atoms with Gasteiger partial charge in [0.05, 0.1) is 17.0 Å². The molecule has 8 heteroatoms. The zero-order chi connectivity index (χ0) is 20.1. The number of benzene rings is 1. The van der Waals surface area contributed by atoms with Gasteiger partial charge in [-0.15, -0.1) is 23.1 Å². The number of nitrogens with zero attached hydrogens (tertiary/aromatic N) is 1. The lowest BCUT2D eigenvalue weighted by Crippen LogP contribution is -2.31. The molecule has 5 nitrogen and oxygen atoms in total. The predicted molar refractivity (Wildman–Crippen MR) is 117 cm³/mol. The van der Waals surface area contributed by atoms with Gasteiger partial charge in [-0.3, -0.25) is 5.10 Å². The Morgan fingerprint density at radius 3 is 2.68 bits per heavy atom. The van der Waals surface area contributed by atoms with Crippen LogP contribution in [0.3, 0.4) is 0 Å². The van der Waals surface area contributed by atoms with Gasteiger partial charge < -0.3 is 10.1 Å². The zero-order valence-corrected chi connectivity index (χ0v) is 18.7. The molecular weight excluding hydrogens is 410 g/mol. The molecule has 0 unspecified atom stereocenters. The summed E-state index contributed by atoms with van der Waals surface area (Å²) in [6.45, 7) is 6.03. The number of thioether (sulfide) groups is 1. The van der Waals surface area contributed by atoms with E-state index in [9.17, 15) is 4.79 Å². The lowest BCUT2D eigenvalue weighted by molar-refractivity contribution is 0.0524. The lowest BCUT2D eigenvalue weighted by Gasteiger charge is -2.19. The molecule has 1 amide bonds. The summed E-state index contributed by atoms with van der Waals surface area (Å²) in [7, 11) is 0. The fraction of sp³-hybridized carbons (Fsp3) is 0.300. The van der Waals surface area contributed by atoms with Crippen molar-refractivity contribution in [1.82, 2.24) is 15.5 Å². The highest BCUT2D eigenvalue weighted by Gasteiger charge is 2.16. The summed E-state index contributed by atoms with van der Waals surface area (Å²) in [5.41, 5.74) is 1.73. The van der Waals surface area contributed by atoms with E-state index in [1.54, 1.807) is 34.9 Å². The van der Waals surface area contributed by atoms with Gasteiger partial charge >= 0.3 is 6.09 Å². The molecule has 2 aromatic heterocycles. The molecule has 0 atom stereocenters. The molecule has 0 fully saturated rings. The van der Waals surface area contributed by atoms with Crippen LogP contribution in [0, 0.1) is 0 Å². The number of carbonyl (C=O) groups excluding carboxylic acids is 1. The molecule has 0 saturated heterocycles. The van der Waals surface area contributed by atoms with Gasteiger partial charge in [0, 0.05) is 26.4 Å². The second kappa shape index (κ2) is 9.07. The van der Waals surface area contributed by atoms with Gasteiger partial charge in [0.2, 0.25) is 0 Å². The summed E-state index contributed by atoms with van der Waals surface area (Å²) in [4.78, 5) is 15.3. The number of alkyl carbamates (subject to hydrolysis) is 1. The predicted octanol–water partition coefficient (Wildman–Crippen LogP) is 6.04. The number of nitrogens with one attached hydrogen (secondary N) is 2. The summed E-state index contributed by atoms with van der Waals surface area (Å²) in [6.07, 6.45) is 5.42. The van der Waals surface area contributed by atoms with Gasteiger partial charge in [-0.1, -0.05) is 11.8 Å². The average Bonchev–Trinajstić information content (AvgIpc) is 3.30. The molecule has 0 aliphatic heterocycles. The largest absolute Gasteiger partial charge is 0.444 e. The number of H-pyrrole nitrogens is 1. The molecule has 0 aliphatic rings. The van der Waals surface area contributed by atoms with Crippen molar-refractivity contribution in [3.63, 3.8) is 0 Å². The van der Waals surface area contributed by atoms with Crippen molar-refractivity contribution in [3.8, 4) is 11.1 Å². The molecule has 0 saturated carbocycles. The first-order valence-electron chi connectivity index (χ1n) is 8.74. The molecular formula is C20H23N3O2S3. The van der Waals surface area contributed by atoms with Crippen molar-refractivity contribution in [1.29, 1.82) is 0 Å². The minimum atomic E-state index is -0.491. The van der Waals surface area contributed by atoms with Crippen LogP contribution in [-0.2, 0) is 11.3 Å². The third kappa shape index (κ3) is 6.05. The number of thiophene rings is 1. The minimum Gasteiger partial charge on any atom is -0.444 e. The van der Waals surface area contributed by atoms with Gasteiger partial charge in [0.1, 0.15) is 5.60 Å². The normalized spacial score (nSPS) is 11.4. The third-order valence-electron chi connectivity index (χ3n) is 3.61. The number of ether oxygens (including phenoxy) is 1. The molecule has 28 heavy (non-hydrogen) atoms. The third-order valence-corrected chi connectivity index (χ3v) is 6.50. The fourth-order valence-corrected chi connectivity index (χ4v) is 5.18. The van der Waals surface area contributed by atoms with E-state index < -0.39 is 11.7 Å². The van der Waals surface area contributed by atoms with E-state index in [-0.39, 0.29) is 0 Å². The maximum Gasteiger partial charge on any atom is 0.407 e. The Labute approximate surface area is 177 Å². The van der Waals surface area contributed by atoms with Crippen LogP contribution in [0.15, 0.2) is 56.7 Å². The monoisotopic (exact) mass is 433 g/mol. The maximum atomic E-state index is 11.8. The topological polar surface area (TPSA) is 67.0 Å². The fourth-order valence-electron chi connectivity index (χ4n) is 2.42. The van der Waals surface area contributed by atoms with Crippen molar-refractivity contribution in [2.75, 3.05) is 6.26 Å². The summed E-state index contributed by atoms with van der Waals surface area (Å²) in [5.74, 6) is 0. The van der Waals surface area contributed by atoms with Crippen LogP contribution in [-0.4, -0.2) is 28.1 Å². The van der Waals surface area contributed by atoms with Crippen LogP contribution in [0.5, 0.6) is 0 Å². The standard InChI is InChI=1S/C20H23N3O2S3/c1-20(2,3)25-19(24)21-12-15-5-6-18(27-15)28-17-8-13(7-16(9-17)26-4)14-10-22-23-11-14/h5-11H,12H2,1-4H3,(H,21,24)(H,22,23). The Balaban J connectivity index is 1.66. The Hall–Kier alpha value is -1.90. The van der Waals surface area contributed by atoms with Gasteiger partial charge in [0.15, 0.2) is 0 Å². The van der Waals surface area contributed by atoms with E-state index in [4.69, 9.17) is 4.74 Å². The van der Waals surface area contributed by atoms with E-state index >= 15 is 0 Å². The molecule has 1 aromatic carbocycles. The van der Waals surface area contributed by atoms with Gasteiger partial charge in [0.25, 0.3) is 0 Å². The Kier molecular flexibility index (Phi) is 6.74. The summed E-state index contributed by atoms with van der Waals surface area (Å²) in [5, 5.41) is 9.72. The van der Waals surface area contributed by atoms with Crippen LogP contribution >= 0.6 is 34.9 Å². The number of aromatic amines is 1. The van der Waals surface area contributed by atoms with Crippen molar-refractivity contribution in [2.24, 2.45) is 0 Å². The molecule has 0 spiro atoms. The van der Waals surface area contributed by atoms with Crippen LogP contribution < -0.4 is 5.32 Å². The van der Waals surface area contributed by atoms with Crippen molar-refractivity contribution < 1.29 is 9.53 Å². The molecule has 0 radical (unpaired) electrons. The smallest absolute Gasteiger partial charge is 0.407 e. The van der Waals surface area contributed by atoms with E-state index in [2.05, 4.69) is 46.0 Å². The number of aromatic nitrogens is 2. The maximum absolute atomic E-state index is 11.8. The molecule has 2 heterocycles. The van der Waals surface area contributed by atoms with Crippen LogP contribution in [0.2, 0.25) is 0 Å². The highest BCUT2D eigenvalue weighted by molar-refractivity contribution is 8.01. The zero-order valence-electron chi connectivity index (χ0n) is 16.2. The molecule has 2 N–H and O–H groups in total. The van der Waals surface area contributed by atoms with Crippen molar-refractivity contribution >= 4 is 41.0 Å². The van der Waals surface area contributed by atoms with E-state index in [0.29, 0.717) is 6.54 Å². The van der Waals surface area contributed by atoms with E-state index in [1.807, 2.05) is 39.2 Å².